The highest BCUT2D eigenvalue weighted by Crippen LogP contribution is 2.27. The number of likely N-dealkylation sites (tertiary alicyclic amines) is 1. The summed E-state index contributed by atoms with van der Waals surface area (Å²) in [5.74, 6) is 3.16. The van der Waals surface area contributed by atoms with Crippen LogP contribution >= 0.6 is 0 Å². The molecule has 7 nitrogen and oxygen atoms in total. The van der Waals surface area contributed by atoms with Gasteiger partial charge in [0.1, 0.15) is 0 Å². The Labute approximate surface area is 130 Å². The van der Waals surface area contributed by atoms with E-state index in [1.807, 2.05) is 6.92 Å². The molecule has 1 atom stereocenters. The number of piperidine rings is 1. The van der Waals surface area contributed by atoms with Crippen LogP contribution in [-0.2, 0) is 12.0 Å². The lowest BCUT2D eigenvalue weighted by Crippen LogP contribution is -2.34. The fraction of sp³-hybridized carbons (Fsp3) is 0.733. The molecule has 0 saturated carbocycles. The van der Waals surface area contributed by atoms with Gasteiger partial charge in [-0.15, -0.1) is 0 Å². The average Bonchev–Trinajstić information content (AvgIpc) is 3.08. The van der Waals surface area contributed by atoms with Gasteiger partial charge >= 0.3 is 0 Å². The predicted molar refractivity (Wildman–Crippen MR) is 79.3 cm³/mol. The first-order chi connectivity index (χ1) is 10.4. The zero-order valence-electron chi connectivity index (χ0n) is 13.7. The van der Waals surface area contributed by atoms with Crippen LogP contribution in [0.3, 0.4) is 0 Å². The molecule has 3 rings (SSSR count). The molecule has 1 unspecified atom stereocenters. The second kappa shape index (κ2) is 5.79. The van der Waals surface area contributed by atoms with Crippen molar-refractivity contribution in [2.24, 2.45) is 0 Å². The fourth-order valence-electron chi connectivity index (χ4n) is 2.70. The Hall–Kier alpha value is -1.76. The number of aromatic nitrogens is 4. The van der Waals surface area contributed by atoms with Gasteiger partial charge in [0, 0.05) is 12.0 Å². The van der Waals surface area contributed by atoms with E-state index in [0.717, 1.165) is 37.6 Å². The van der Waals surface area contributed by atoms with Crippen LogP contribution in [-0.4, -0.2) is 38.3 Å². The maximum Gasteiger partial charge on any atom is 0.232 e. The van der Waals surface area contributed by atoms with E-state index in [9.17, 15) is 0 Å². The topological polar surface area (TPSA) is 81.1 Å². The molecule has 0 radical (unpaired) electrons. The molecule has 0 spiro atoms. The standard InChI is InChI=1S/C15H23N5O2/c1-10-16-13(21-18-10)11-6-5-7-20(8-11)9-12-17-14(22-19-12)15(2,3)4/h11H,5-9H2,1-4H3. The third-order valence-electron chi connectivity index (χ3n) is 3.87. The van der Waals surface area contributed by atoms with Gasteiger partial charge in [0.15, 0.2) is 11.6 Å². The van der Waals surface area contributed by atoms with Crippen LogP contribution in [0.15, 0.2) is 9.05 Å². The maximum atomic E-state index is 5.36. The number of nitrogens with zero attached hydrogens (tertiary/aromatic N) is 5. The summed E-state index contributed by atoms with van der Waals surface area (Å²) in [4.78, 5) is 11.2. The Morgan fingerprint density at radius 1 is 1.18 bits per heavy atom. The Bertz CT molecular complexity index is 628. The van der Waals surface area contributed by atoms with Crippen molar-refractivity contribution in [3.05, 3.63) is 23.4 Å². The minimum atomic E-state index is -0.114. The Kier molecular flexibility index (Phi) is 3.99. The minimum Gasteiger partial charge on any atom is -0.339 e. The quantitative estimate of drug-likeness (QED) is 0.861. The van der Waals surface area contributed by atoms with Crippen molar-refractivity contribution in [2.45, 2.75) is 58.4 Å². The lowest BCUT2D eigenvalue weighted by Gasteiger charge is -2.29. The molecule has 1 aliphatic heterocycles. The normalized spacial score (nSPS) is 20.5. The lowest BCUT2D eigenvalue weighted by molar-refractivity contribution is 0.175. The highest BCUT2D eigenvalue weighted by molar-refractivity contribution is 5.00. The Morgan fingerprint density at radius 2 is 2.00 bits per heavy atom. The van der Waals surface area contributed by atoms with E-state index in [4.69, 9.17) is 9.05 Å². The van der Waals surface area contributed by atoms with Gasteiger partial charge in [-0.1, -0.05) is 31.1 Å². The summed E-state index contributed by atoms with van der Waals surface area (Å²) in [6.07, 6.45) is 2.19. The number of rotatable bonds is 3. The molecule has 2 aromatic rings. The molecule has 3 heterocycles. The van der Waals surface area contributed by atoms with Crippen molar-refractivity contribution in [3.8, 4) is 0 Å². The predicted octanol–water partition coefficient (Wildman–Crippen LogP) is 2.44. The van der Waals surface area contributed by atoms with Crippen molar-refractivity contribution in [2.75, 3.05) is 13.1 Å². The molecule has 120 valence electrons. The summed E-state index contributed by atoms with van der Waals surface area (Å²) in [6.45, 7) is 10.7. The number of hydrogen-bond acceptors (Lipinski definition) is 7. The molecule has 0 bridgehead atoms. The van der Waals surface area contributed by atoms with Crippen LogP contribution < -0.4 is 0 Å². The zero-order valence-corrected chi connectivity index (χ0v) is 13.7. The van der Waals surface area contributed by atoms with Crippen molar-refractivity contribution in [1.82, 2.24) is 25.2 Å². The summed E-state index contributed by atoms with van der Waals surface area (Å²) in [7, 11) is 0. The van der Waals surface area contributed by atoms with E-state index in [1.54, 1.807) is 0 Å². The summed E-state index contributed by atoms with van der Waals surface area (Å²) in [6, 6.07) is 0. The third-order valence-corrected chi connectivity index (χ3v) is 3.87. The molecule has 2 aromatic heterocycles. The van der Waals surface area contributed by atoms with Crippen LogP contribution in [0.5, 0.6) is 0 Å². The van der Waals surface area contributed by atoms with E-state index < -0.39 is 0 Å². The van der Waals surface area contributed by atoms with Crippen LogP contribution in [0.4, 0.5) is 0 Å². The van der Waals surface area contributed by atoms with Gasteiger partial charge < -0.3 is 9.05 Å². The van der Waals surface area contributed by atoms with Gasteiger partial charge in [0.05, 0.1) is 12.5 Å². The third kappa shape index (κ3) is 3.35. The monoisotopic (exact) mass is 305 g/mol. The minimum absolute atomic E-state index is 0.114. The van der Waals surface area contributed by atoms with Gasteiger partial charge in [-0.25, -0.2) is 0 Å². The Morgan fingerprint density at radius 3 is 2.64 bits per heavy atom. The highest BCUT2D eigenvalue weighted by atomic mass is 16.5. The molecule has 0 amide bonds. The van der Waals surface area contributed by atoms with Gasteiger partial charge in [0.25, 0.3) is 0 Å². The van der Waals surface area contributed by atoms with E-state index in [1.165, 1.54) is 0 Å². The molecular weight excluding hydrogens is 282 g/mol. The van der Waals surface area contributed by atoms with Crippen LogP contribution in [0, 0.1) is 6.92 Å². The molecule has 0 aromatic carbocycles. The van der Waals surface area contributed by atoms with Gasteiger partial charge in [0.2, 0.25) is 11.8 Å². The van der Waals surface area contributed by atoms with Gasteiger partial charge in [-0.05, 0) is 26.3 Å². The van der Waals surface area contributed by atoms with E-state index in [-0.39, 0.29) is 5.41 Å². The first kappa shape index (κ1) is 15.1. The Balaban J connectivity index is 1.64. The summed E-state index contributed by atoms with van der Waals surface area (Å²) in [5, 5.41) is 7.99. The highest BCUT2D eigenvalue weighted by Gasteiger charge is 2.27. The lowest BCUT2D eigenvalue weighted by atomic mass is 9.97. The molecule has 0 aliphatic carbocycles. The van der Waals surface area contributed by atoms with Gasteiger partial charge in [-0.2, -0.15) is 9.97 Å². The van der Waals surface area contributed by atoms with E-state index >= 15 is 0 Å². The second-order valence-electron chi connectivity index (χ2n) is 7.02. The van der Waals surface area contributed by atoms with E-state index in [0.29, 0.717) is 24.2 Å². The van der Waals surface area contributed by atoms with Gasteiger partial charge in [-0.3, -0.25) is 4.90 Å². The van der Waals surface area contributed by atoms with Crippen molar-refractivity contribution < 1.29 is 9.05 Å². The summed E-state index contributed by atoms with van der Waals surface area (Å²) >= 11 is 0. The summed E-state index contributed by atoms with van der Waals surface area (Å²) < 4.78 is 10.7. The van der Waals surface area contributed by atoms with Crippen molar-refractivity contribution in [1.29, 1.82) is 0 Å². The average molecular weight is 305 g/mol. The molecule has 22 heavy (non-hydrogen) atoms. The molecular formula is C15H23N5O2. The largest absolute Gasteiger partial charge is 0.339 e. The van der Waals surface area contributed by atoms with E-state index in [2.05, 4.69) is 46.0 Å². The molecule has 1 fully saturated rings. The first-order valence-electron chi connectivity index (χ1n) is 7.77. The van der Waals surface area contributed by atoms with Crippen LogP contribution in [0.2, 0.25) is 0 Å². The smallest absolute Gasteiger partial charge is 0.232 e. The summed E-state index contributed by atoms with van der Waals surface area (Å²) in [5.41, 5.74) is -0.114. The first-order valence-corrected chi connectivity index (χ1v) is 7.77. The zero-order chi connectivity index (χ0) is 15.7. The second-order valence-corrected chi connectivity index (χ2v) is 7.02. The number of aryl methyl sites for hydroxylation is 1. The van der Waals surface area contributed by atoms with Crippen LogP contribution in [0.1, 0.15) is 63.0 Å². The molecule has 7 heteroatoms. The SMILES string of the molecule is Cc1noc(C2CCCN(Cc3noc(C(C)(C)C)n3)C2)n1. The van der Waals surface area contributed by atoms with Crippen LogP contribution in [0.25, 0.3) is 0 Å². The molecule has 0 N–H and O–H groups in total. The maximum absolute atomic E-state index is 5.36. The number of hydrogen-bond donors (Lipinski definition) is 0. The van der Waals surface area contributed by atoms with Crippen molar-refractivity contribution >= 4 is 0 Å². The molecule has 1 saturated heterocycles. The fourth-order valence-corrected chi connectivity index (χ4v) is 2.70. The molecule has 1 aliphatic rings. The van der Waals surface area contributed by atoms with Crippen molar-refractivity contribution in [3.63, 3.8) is 0 Å².